The van der Waals surface area contributed by atoms with E-state index in [-0.39, 0.29) is 18.7 Å². The fourth-order valence-electron chi connectivity index (χ4n) is 1.73. The van der Waals surface area contributed by atoms with Gasteiger partial charge >= 0.3 is 5.97 Å². The summed E-state index contributed by atoms with van der Waals surface area (Å²) in [6, 6.07) is 3.45. The predicted molar refractivity (Wildman–Crippen MR) is 74.4 cm³/mol. The average Bonchev–Trinajstić information content (AvgIpc) is 2.40. The van der Waals surface area contributed by atoms with E-state index in [1.165, 1.54) is 7.11 Å². The molecule has 0 atom stereocenters. The number of benzene rings is 1. The number of nitrogens with one attached hydrogen (secondary N) is 1. The van der Waals surface area contributed by atoms with Gasteiger partial charge in [-0.2, -0.15) is 0 Å². The van der Waals surface area contributed by atoms with Gasteiger partial charge in [-0.15, -0.1) is 0 Å². The molecule has 0 aliphatic heterocycles. The summed E-state index contributed by atoms with van der Waals surface area (Å²) in [7, 11) is 3.06. The molecule has 6 heteroatoms. The lowest BCUT2D eigenvalue weighted by Crippen LogP contribution is -2.13. The first kappa shape index (κ1) is 15.8. The Bertz CT molecular complexity index is 499. The number of aryl methyl sites for hydroxylation is 1. The van der Waals surface area contributed by atoms with Gasteiger partial charge in [0, 0.05) is 24.6 Å². The van der Waals surface area contributed by atoms with Crippen LogP contribution in [0, 0.1) is 6.92 Å². The minimum Gasteiger partial charge on any atom is -0.493 e. The highest BCUT2D eigenvalue weighted by Gasteiger charge is 2.11. The number of aliphatic carboxylic acids is 1. The fourth-order valence-corrected chi connectivity index (χ4v) is 1.73. The molecule has 0 bridgehead atoms. The van der Waals surface area contributed by atoms with Crippen LogP contribution in [0.1, 0.15) is 24.8 Å². The van der Waals surface area contributed by atoms with Crippen LogP contribution in [0.25, 0.3) is 0 Å². The predicted octanol–water partition coefficient (Wildman–Crippen LogP) is 2.21. The second-order valence-electron chi connectivity index (χ2n) is 4.32. The highest BCUT2D eigenvalue weighted by molar-refractivity contribution is 5.92. The third-order valence-corrected chi connectivity index (χ3v) is 2.80. The van der Waals surface area contributed by atoms with Crippen molar-refractivity contribution in [3.05, 3.63) is 17.7 Å². The normalized spacial score (nSPS) is 9.95. The lowest BCUT2D eigenvalue weighted by atomic mass is 10.1. The number of hydrogen-bond acceptors (Lipinski definition) is 4. The number of carbonyl (C=O) groups is 2. The van der Waals surface area contributed by atoms with Gasteiger partial charge in [0.15, 0.2) is 11.5 Å². The van der Waals surface area contributed by atoms with Gasteiger partial charge in [-0.3, -0.25) is 9.59 Å². The van der Waals surface area contributed by atoms with Crippen LogP contribution in [0.3, 0.4) is 0 Å². The van der Waals surface area contributed by atoms with E-state index in [4.69, 9.17) is 14.6 Å². The van der Waals surface area contributed by atoms with E-state index in [1.54, 1.807) is 19.2 Å². The highest BCUT2D eigenvalue weighted by Crippen LogP contribution is 2.32. The molecule has 2 N–H and O–H groups in total. The second kappa shape index (κ2) is 7.37. The summed E-state index contributed by atoms with van der Waals surface area (Å²) < 4.78 is 10.3. The maximum atomic E-state index is 11.7. The van der Waals surface area contributed by atoms with Crippen molar-refractivity contribution in [1.82, 2.24) is 0 Å². The number of ether oxygens (including phenoxy) is 2. The van der Waals surface area contributed by atoms with Crippen LogP contribution >= 0.6 is 0 Å². The molecule has 0 fully saturated rings. The van der Waals surface area contributed by atoms with E-state index < -0.39 is 5.97 Å². The highest BCUT2D eigenvalue weighted by atomic mass is 16.5. The summed E-state index contributed by atoms with van der Waals surface area (Å²) in [4.78, 5) is 22.1. The molecule has 0 aliphatic carbocycles. The number of methoxy groups -OCH3 is 2. The lowest BCUT2D eigenvalue weighted by molar-refractivity contribution is -0.137. The van der Waals surface area contributed by atoms with Crippen molar-refractivity contribution in [3.8, 4) is 11.5 Å². The molecule has 20 heavy (non-hydrogen) atoms. The number of carbonyl (C=O) groups excluding carboxylic acids is 1. The number of anilines is 1. The molecular formula is C14H19NO5. The molecule has 1 amide bonds. The average molecular weight is 281 g/mol. The van der Waals surface area contributed by atoms with E-state index in [0.29, 0.717) is 23.6 Å². The Balaban J connectivity index is 2.72. The van der Waals surface area contributed by atoms with Crippen LogP contribution in [0.2, 0.25) is 0 Å². The van der Waals surface area contributed by atoms with Crippen molar-refractivity contribution in [3.63, 3.8) is 0 Å². The molecule has 0 heterocycles. The maximum Gasteiger partial charge on any atom is 0.303 e. The molecule has 0 aromatic heterocycles. The van der Waals surface area contributed by atoms with Crippen LogP contribution in [0.15, 0.2) is 12.1 Å². The number of hydrogen-bond donors (Lipinski definition) is 2. The molecule has 1 rings (SSSR count). The van der Waals surface area contributed by atoms with E-state index in [9.17, 15) is 9.59 Å². The smallest absolute Gasteiger partial charge is 0.303 e. The Hall–Kier alpha value is -2.24. The summed E-state index contributed by atoms with van der Waals surface area (Å²) in [5.74, 6) is -0.00511. The zero-order chi connectivity index (χ0) is 15.1. The SMILES string of the molecule is COc1cc(C)c(NC(=O)CCCC(=O)O)cc1OC. The molecule has 0 spiro atoms. The molecular weight excluding hydrogens is 262 g/mol. The Labute approximate surface area is 117 Å². The number of carboxylic acid groups (broad SMARTS) is 1. The van der Waals surface area contributed by atoms with E-state index in [2.05, 4.69) is 5.32 Å². The number of rotatable bonds is 7. The van der Waals surface area contributed by atoms with Crippen LogP contribution in [-0.4, -0.2) is 31.2 Å². The lowest BCUT2D eigenvalue weighted by Gasteiger charge is -2.13. The first-order chi connectivity index (χ1) is 9.47. The summed E-state index contributed by atoms with van der Waals surface area (Å²) in [5.41, 5.74) is 1.47. The Morgan fingerprint density at radius 2 is 1.75 bits per heavy atom. The van der Waals surface area contributed by atoms with Crippen LogP contribution < -0.4 is 14.8 Å². The molecule has 0 aliphatic rings. The Morgan fingerprint density at radius 1 is 1.15 bits per heavy atom. The van der Waals surface area contributed by atoms with Crippen molar-refractivity contribution in [2.24, 2.45) is 0 Å². The zero-order valence-corrected chi connectivity index (χ0v) is 11.9. The van der Waals surface area contributed by atoms with Crippen LogP contribution in [-0.2, 0) is 9.59 Å². The topological polar surface area (TPSA) is 84.9 Å². The molecule has 6 nitrogen and oxygen atoms in total. The maximum absolute atomic E-state index is 11.7. The van der Waals surface area contributed by atoms with Crippen molar-refractivity contribution in [2.45, 2.75) is 26.2 Å². The second-order valence-corrected chi connectivity index (χ2v) is 4.32. The molecule has 0 unspecified atom stereocenters. The van der Waals surface area contributed by atoms with Crippen LogP contribution in [0.5, 0.6) is 11.5 Å². The Morgan fingerprint density at radius 3 is 2.30 bits per heavy atom. The summed E-state index contributed by atoms with van der Waals surface area (Å²) in [6.07, 6.45) is 0.464. The van der Waals surface area contributed by atoms with Gasteiger partial charge in [0.1, 0.15) is 0 Å². The molecule has 110 valence electrons. The standard InChI is InChI=1S/C14H19NO5/c1-9-7-11(19-2)12(20-3)8-10(9)15-13(16)5-4-6-14(17)18/h7-8H,4-6H2,1-3H3,(H,15,16)(H,17,18). The van der Waals surface area contributed by atoms with E-state index >= 15 is 0 Å². The molecule has 1 aromatic carbocycles. The van der Waals surface area contributed by atoms with Crippen molar-refractivity contribution >= 4 is 17.6 Å². The van der Waals surface area contributed by atoms with Crippen LogP contribution in [0.4, 0.5) is 5.69 Å². The Kier molecular flexibility index (Phi) is 5.83. The fraction of sp³-hybridized carbons (Fsp3) is 0.429. The number of amides is 1. The van der Waals surface area contributed by atoms with Gasteiger partial charge < -0.3 is 19.9 Å². The summed E-state index contributed by atoms with van der Waals surface area (Å²) in [5, 5.41) is 11.3. The minimum absolute atomic E-state index is 0.0155. The first-order valence-electron chi connectivity index (χ1n) is 6.22. The van der Waals surface area contributed by atoms with Gasteiger partial charge in [0.05, 0.1) is 14.2 Å². The van der Waals surface area contributed by atoms with Gasteiger partial charge in [-0.25, -0.2) is 0 Å². The first-order valence-corrected chi connectivity index (χ1v) is 6.22. The monoisotopic (exact) mass is 281 g/mol. The third kappa shape index (κ3) is 4.46. The van der Waals surface area contributed by atoms with Gasteiger partial charge in [0.2, 0.25) is 5.91 Å². The number of carboxylic acids is 1. The largest absolute Gasteiger partial charge is 0.493 e. The van der Waals surface area contributed by atoms with Gasteiger partial charge in [-0.1, -0.05) is 0 Å². The van der Waals surface area contributed by atoms with E-state index in [1.807, 2.05) is 6.92 Å². The third-order valence-electron chi connectivity index (χ3n) is 2.80. The van der Waals surface area contributed by atoms with Gasteiger partial charge in [0.25, 0.3) is 0 Å². The molecule has 0 saturated carbocycles. The quantitative estimate of drug-likeness (QED) is 0.800. The zero-order valence-electron chi connectivity index (χ0n) is 11.9. The van der Waals surface area contributed by atoms with Crippen molar-refractivity contribution in [2.75, 3.05) is 19.5 Å². The minimum atomic E-state index is -0.903. The van der Waals surface area contributed by atoms with Gasteiger partial charge in [-0.05, 0) is 25.0 Å². The van der Waals surface area contributed by atoms with E-state index in [0.717, 1.165) is 5.56 Å². The van der Waals surface area contributed by atoms with Crippen molar-refractivity contribution in [1.29, 1.82) is 0 Å². The molecule has 1 aromatic rings. The summed E-state index contributed by atoms with van der Waals surface area (Å²) >= 11 is 0. The van der Waals surface area contributed by atoms with Crippen molar-refractivity contribution < 1.29 is 24.2 Å². The molecule has 0 radical (unpaired) electrons. The summed E-state index contributed by atoms with van der Waals surface area (Å²) in [6.45, 7) is 1.84. The molecule has 0 saturated heterocycles.